The predicted octanol–water partition coefficient (Wildman–Crippen LogP) is 3.36. The summed E-state index contributed by atoms with van der Waals surface area (Å²) in [5, 5.41) is 3.17. The second-order valence-electron chi connectivity index (χ2n) is 6.63. The quantitative estimate of drug-likeness (QED) is 0.861. The fraction of sp³-hybridized carbons (Fsp3) is 0.400. The van der Waals surface area contributed by atoms with Crippen LogP contribution in [0.3, 0.4) is 0 Å². The van der Waals surface area contributed by atoms with Crippen LogP contribution in [0.2, 0.25) is 0 Å². The Morgan fingerprint density at radius 2 is 1.68 bits per heavy atom. The van der Waals surface area contributed by atoms with Gasteiger partial charge in [-0.3, -0.25) is 0 Å². The van der Waals surface area contributed by atoms with Crippen molar-refractivity contribution in [2.45, 2.75) is 24.2 Å². The van der Waals surface area contributed by atoms with Crippen molar-refractivity contribution < 1.29 is 8.42 Å². The predicted molar refractivity (Wildman–Crippen MR) is 102 cm³/mol. The second-order valence-corrected chi connectivity index (χ2v) is 8.57. The van der Waals surface area contributed by atoms with E-state index in [4.69, 9.17) is 0 Å². The van der Waals surface area contributed by atoms with E-state index in [2.05, 4.69) is 5.32 Å². The smallest absolute Gasteiger partial charge is 0.243 e. The van der Waals surface area contributed by atoms with Crippen molar-refractivity contribution in [1.29, 1.82) is 0 Å². The Morgan fingerprint density at radius 3 is 2.36 bits per heavy atom. The van der Waals surface area contributed by atoms with E-state index in [-0.39, 0.29) is 0 Å². The molecule has 4 nitrogen and oxygen atoms in total. The van der Waals surface area contributed by atoms with Crippen molar-refractivity contribution in [1.82, 2.24) is 9.62 Å². The number of hydrogen-bond acceptors (Lipinski definition) is 3. The zero-order valence-corrected chi connectivity index (χ0v) is 15.5. The summed E-state index contributed by atoms with van der Waals surface area (Å²) in [6.07, 6.45) is 3.01. The van der Waals surface area contributed by atoms with Crippen molar-refractivity contribution in [2.75, 3.05) is 26.7 Å². The summed E-state index contributed by atoms with van der Waals surface area (Å²) in [4.78, 5) is 0.391. The molecule has 0 unspecified atom stereocenters. The first-order chi connectivity index (χ1) is 12.1. The van der Waals surface area contributed by atoms with Crippen LogP contribution >= 0.6 is 0 Å². The number of benzene rings is 2. The highest BCUT2D eigenvalue weighted by atomic mass is 32.2. The monoisotopic (exact) mass is 358 g/mol. The Balaban J connectivity index is 1.75. The SMILES string of the molecule is CNCCC1CCN(S(=O)(=O)c2cccc(-c3ccccc3)c2)CC1. The molecule has 0 aromatic heterocycles. The van der Waals surface area contributed by atoms with Gasteiger partial charge >= 0.3 is 0 Å². The van der Waals surface area contributed by atoms with Gasteiger partial charge in [0.15, 0.2) is 0 Å². The zero-order chi connectivity index (χ0) is 17.7. The fourth-order valence-electron chi connectivity index (χ4n) is 3.40. The summed E-state index contributed by atoms with van der Waals surface area (Å²) < 4.78 is 27.7. The van der Waals surface area contributed by atoms with Gasteiger partial charge in [-0.25, -0.2) is 8.42 Å². The summed E-state index contributed by atoms with van der Waals surface area (Å²) in [7, 11) is -1.46. The summed E-state index contributed by atoms with van der Waals surface area (Å²) in [5.41, 5.74) is 1.97. The van der Waals surface area contributed by atoms with E-state index in [1.165, 1.54) is 0 Å². The van der Waals surface area contributed by atoms with E-state index in [9.17, 15) is 8.42 Å². The standard InChI is InChI=1S/C20H26N2O2S/c1-21-13-10-17-11-14-22(15-12-17)25(23,24)20-9-5-8-19(16-20)18-6-3-2-4-7-18/h2-9,16-17,21H,10-15H2,1H3. The Hall–Kier alpha value is -1.69. The number of sulfonamides is 1. The molecule has 0 amide bonds. The largest absolute Gasteiger partial charge is 0.320 e. The van der Waals surface area contributed by atoms with Crippen molar-refractivity contribution in [3.05, 3.63) is 54.6 Å². The Kier molecular flexibility index (Phi) is 5.89. The van der Waals surface area contributed by atoms with Gasteiger partial charge in [-0.1, -0.05) is 42.5 Å². The lowest BCUT2D eigenvalue weighted by Crippen LogP contribution is -2.38. The number of nitrogens with zero attached hydrogens (tertiary/aromatic N) is 1. The maximum Gasteiger partial charge on any atom is 0.243 e. The number of piperidine rings is 1. The Bertz CT molecular complexity index is 782. The van der Waals surface area contributed by atoms with Gasteiger partial charge in [0.05, 0.1) is 4.90 Å². The minimum atomic E-state index is -3.42. The van der Waals surface area contributed by atoms with Crippen molar-refractivity contribution in [3.8, 4) is 11.1 Å². The highest BCUT2D eigenvalue weighted by molar-refractivity contribution is 7.89. The molecular weight excluding hydrogens is 332 g/mol. The highest BCUT2D eigenvalue weighted by Crippen LogP contribution is 2.28. The molecule has 1 aliphatic rings. The maximum atomic E-state index is 13.0. The molecule has 25 heavy (non-hydrogen) atoms. The van der Waals surface area contributed by atoms with E-state index >= 15 is 0 Å². The molecule has 3 rings (SSSR count). The van der Waals surface area contributed by atoms with E-state index in [1.807, 2.05) is 49.5 Å². The Labute approximate surface area is 150 Å². The summed E-state index contributed by atoms with van der Waals surface area (Å²) >= 11 is 0. The molecule has 0 spiro atoms. The van der Waals surface area contributed by atoms with Gasteiger partial charge in [-0.2, -0.15) is 4.31 Å². The van der Waals surface area contributed by atoms with Crippen molar-refractivity contribution >= 4 is 10.0 Å². The summed E-state index contributed by atoms with van der Waals surface area (Å²) in [6, 6.07) is 17.2. The molecule has 5 heteroatoms. The number of nitrogens with one attached hydrogen (secondary N) is 1. The average molecular weight is 359 g/mol. The topological polar surface area (TPSA) is 49.4 Å². The molecule has 0 saturated carbocycles. The number of hydrogen-bond donors (Lipinski definition) is 1. The van der Waals surface area contributed by atoms with Gasteiger partial charge in [0.1, 0.15) is 0 Å². The van der Waals surface area contributed by atoms with Gasteiger partial charge in [0, 0.05) is 13.1 Å². The van der Waals surface area contributed by atoms with Crippen LogP contribution in [-0.4, -0.2) is 39.4 Å². The molecule has 1 aliphatic heterocycles. The van der Waals surface area contributed by atoms with Gasteiger partial charge in [0.25, 0.3) is 0 Å². The first-order valence-electron chi connectivity index (χ1n) is 8.91. The zero-order valence-electron chi connectivity index (χ0n) is 14.7. The van der Waals surface area contributed by atoms with Crippen LogP contribution in [0, 0.1) is 5.92 Å². The third kappa shape index (κ3) is 4.29. The van der Waals surface area contributed by atoms with Crippen LogP contribution in [-0.2, 0) is 10.0 Å². The van der Waals surface area contributed by atoms with Gasteiger partial charge in [-0.15, -0.1) is 0 Å². The average Bonchev–Trinajstić information content (AvgIpc) is 2.67. The van der Waals surface area contributed by atoms with Crippen molar-refractivity contribution in [2.24, 2.45) is 5.92 Å². The molecular formula is C20H26N2O2S. The van der Waals surface area contributed by atoms with Crippen LogP contribution in [0.4, 0.5) is 0 Å². The molecule has 1 saturated heterocycles. The van der Waals surface area contributed by atoms with E-state index in [0.29, 0.717) is 23.9 Å². The molecule has 1 fully saturated rings. The molecule has 2 aromatic rings. The lowest BCUT2D eigenvalue weighted by Gasteiger charge is -2.31. The van der Waals surface area contributed by atoms with E-state index in [1.54, 1.807) is 16.4 Å². The lowest BCUT2D eigenvalue weighted by molar-refractivity contribution is 0.263. The third-order valence-corrected chi connectivity index (χ3v) is 6.85. The fourth-order valence-corrected chi connectivity index (χ4v) is 4.92. The lowest BCUT2D eigenvalue weighted by atomic mass is 9.95. The second kappa shape index (κ2) is 8.13. The van der Waals surface area contributed by atoms with Gasteiger partial charge in [0.2, 0.25) is 10.0 Å². The summed E-state index contributed by atoms with van der Waals surface area (Å²) in [5.74, 6) is 0.620. The van der Waals surface area contributed by atoms with Crippen LogP contribution in [0.1, 0.15) is 19.3 Å². The van der Waals surface area contributed by atoms with Gasteiger partial charge < -0.3 is 5.32 Å². The molecule has 0 radical (unpaired) electrons. The van der Waals surface area contributed by atoms with E-state index < -0.39 is 10.0 Å². The van der Waals surface area contributed by atoms with Gasteiger partial charge in [-0.05, 0) is 62.0 Å². The van der Waals surface area contributed by atoms with E-state index in [0.717, 1.165) is 36.9 Å². The minimum absolute atomic E-state index is 0.391. The minimum Gasteiger partial charge on any atom is -0.320 e. The highest BCUT2D eigenvalue weighted by Gasteiger charge is 2.29. The summed E-state index contributed by atoms with van der Waals surface area (Å²) in [6.45, 7) is 2.23. The third-order valence-electron chi connectivity index (χ3n) is 4.96. The molecule has 2 aromatic carbocycles. The van der Waals surface area contributed by atoms with Crippen LogP contribution in [0.5, 0.6) is 0 Å². The number of rotatable bonds is 6. The van der Waals surface area contributed by atoms with Crippen LogP contribution in [0.25, 0.3) is 11.1 Å². The first kappa shape index (κ1) is 18.1. The molecule has 134 valence electrons. The molecule has 1 N–H and O–H groups in total. The van der Waals surface area contributed by atoms with Crippen LogP contribution in [0.15, 0.2) is 59.5 Å². The molecule has 0 bridgehead atoms. The normalized spacial score (nSPS) is 16.8. The molecule has 0 atom stereocenters. The first-order valence-corrected chi connectivity index (χ1v) is 10.4. The van der Waals surface area contributed by atoms with Crippen LogP contribution < -0.4 is 5.32 Å². The Morgan fingerprint density at radius 1 is 1.00 bits per heavy atom. The maximum absolute atomic E-state index is 13.0. The molecule has 0 aliphatic carbocycles. The molecule has 1 heterocycles. The van der Waals surface area contributed by atoms with Crippen molar-refractivity contribution in [3.63, 3.8) is 0 Å².